The lowest BCUT2D eigenvalue weighted by molar-refractivity contribution is -0.144. The van der Waals surface area contributed by atoms with Crippen LogP contribution >= 0.6 is 0 Å². The van der Waals surface area contributed by atoms with Gasteiger partial charge in [-0.3, -0.25) is 9.59 Å². The summed E-state index contributed by atoms with van der Waals surface area (Å²) >= 11 is 0. The highest BCUT2D eigenvalue weighted by molar-refractivity contribution is 5.87. The zero-order valence-corrected chi connectivity index (χ0v) is 11.0. The van der Waals surface area contributed by atoms with Gasteiger partial charge in [-0.05, 0) is 25.8 Å². The van der Waals surface area contributed by atoms with Gasteiger partial charge in [-0.15, -0.1) is 0 Å². The number of amides is 1. The van der Waals surface area contributed by atoms with Gasteiger partial charge in [-0.25, -0.2) is 4.79 Å². The van der Waals surface area contributed by atoms with Crippen LogP contribution in [0.1, 0.15) is 32.1 Å². The topological polar surface area (TPSA) is 105 Å². The van der Waals surface area contributed by atoms with E-state index < -0.39 is 18.0 Å². The lowest BCUT2D eigenvalue weighted by Gasteiger charge is -2.24. The molecule has 0 aromatic heterocycles. The number of ether oxygens (including phenoxy) is 1. The number of nitrogens with one attached hydrogen (secondary N) is 2. The molecule has 19 heavy (non-hydrogen) atoms. The molecule has 3 N–H and O–H groups in total. The molecular weight excluding hydrogens is 252 g/mol. The van der Waals surface area contributed by atoms with Crippen molar-refractivity contribution in [2.24, 2.45) is 0 Å². The minimum Gasteiger partial charge on any atom is -0.480 e. The lowest BCUT2D eigenvalue weighted by Crippen LogP contribution is -2.51. The fourth-order valence-electron chi connectivity index (χ4n) is 1.97. The van der Waals surface area contributed by atoms with Crippen LogP contribution in [0.5, 0.6) is 0 Å². The molecule has 0 radical (unpaired) electrons. The van der Waals surface area contributed by atoms with Crippen molar-refractivity contribution in [3.05, 3.63) is 0 Å². The van der Waals surface area contributed by atoms with Crippen LogP contribution in [0.2, 0.25) is 0 Å². The summed E-state index contributed by atoms with van der Waals surface area (Å²) in [7, 11) is 1.24. The van der Waals surface area contributed by atoms with Crippen molar-refractivity contribution in [1.29, 1.82) is 0 Å². The molecule has 108 valence electrons. The Bertz CT molecular complexity index is 339. The highest BCUT2D eigenvalue weighted by Gasteiger charge is 2.26. The number of hydrogen-bond acceptors (Lipinski definition) is 5. The summed E-state index contributed by atoms with van der Waals surface area (Å²) in [4.78, 5) is 33.9. The first kappa shape index (κ1) is 15.4. The molecule has 1 saturated heterocycles. The van der Waals surface area contributed by atoms with E-state index in [0.717, 1.165) is 19.4 Å². The number of carbonyl (C=O) groups is 3. The number of methoxy groups -OCH3 is 1. The Morgan fingerprint density at radius 3 is 2.68 bits per heavy atom. The zero-order valence-electron chi connectivity index (χ0n) is 11.0. The second kappa shape index (κ2) is 7.73. The molecule has 0 spiro atoms. The van der Waals surface area contributed by atoms with Gasteiger partial charge in [0.25, 0.3) is 0 Å². The smallest absolute Gasteiger partial charge is 0.326 e. The number of carbonyl (C=O) groups excluding carboxylic acids is 2. The Hall–Kier alpha value is -1.63. The predicted octanol–water partition coefficient (Wildman–Crippen LogP) is -0.349. The molecule has 7 nitrogen and oxygen atoms in total. The van der Waals surface area contributed by atoms with Crippen LogP contribution in [0.4, 0.5) is 0 Å². The lowest BCUT2D eigenvalue weighted by atomic mass is 10.0. The van der Waals surface area contributed by atoms with E-state index in [9.17, 15) is 14.4 Å². The number of carboxylic acids is 1. The van der Waals surface area contributed by atoms with E-state index in [-0.39, 0.29) is 24.8 Å². The average molecular weight is 272 g/mol. The number of hydrogen-bond donors (Lipinski definition) is 3. The summed E-state index contributed by atoms with van der Waals surface area (Å²) in [5.41, 5.74) is 0. The van der Waals surface area contributed by atoms with Gasteiger partial charge in [0.15, 0.2) is 0 Å². The Morgan fingerprint density at radius 1 is 1.42 bits per heavy atom. The van der Waals surface area contributed by atoms with E-state index in [0.29, 0.717) is 6.42 Å². The van der Waals surface area contributed by atoms with Gasteiger partial charge >= 0.3 is 11.9 Å². The summed E-state index contributed by atoms with van der Waals surface area (Å²) in [6.45, 7) is 0.762. The van der Waals surface area contributed by atoms with Crippen molar-refractivity contribution in [3.63, 3.8) is 0 Å². The minimum atomic E-state index is -1.15. The molecule has 0 aromatic rings. The Labute approximate surface area is 111 Å². The molecule has 1 fully saturated rings. The van der Waals surface area contributed by atoms with Crippen molar-refractivity contribution < 1.29 is 24.2 Å². The van der Waals surface area contributed by atoms with E-state index in [2.05, 4.69) is 15.4 Å². The Morgan fingerprint density at radius 2 is 2.16 bits per heavy atom. The normalized spacial score (nSPS) is 20.4. The molecule has 7 heteroatoms. The van der Waals surface area contributed by atoms with Gasteiger partial charge in [0.1, 0.15) is 6.04 Å². The summed E-state index contributed by atoms with van der Waals surface area (Å²) in [6, 6.07) is -1.40. The van der Waals surface area contributed by atoms with Crippen molar-refractivity contribution in [3.8, 4) is 0 Å². The van der Waals surface area contributed by atoms with Crippen LogP contribution in [0, 0.1) is 0 Å². The number of carboxylic acid groups (broad SMARTS) is 1. The highest BCUT2D eigenvalue weighted by Crippen LogP contribution is 2.08. The molecule has 1 rings (SSSR count). The fourth-order valence-corrected chi connectivity index (χ4v) is 1.97. The minimum absolute atomic E-state index is 0.0282. The summed E-state index contributed by atoms with van der Waals surface area (Å²) in [5.74, 6) is -1.96. The monoisotopic (exact) mass is 272 g/mol. The maximum absolute atomic E-state index is 11.9. The van der Waals surface area contributed by atoms with Crippen LogP contribution < -0.4 is 10.6 Å². The van der Waals surface area contributed by atoms with Crippen LogP contribution in [0.15, 0.2) is 0 Å². The van der Waals surface area contributed by atoms with E-state index >= 15 is 0 Å². The van der Waals surface area contributed by atoms with Gasteiger partial charge in [0.2, 0.25) is 5.91 Å². The first-order valence-electron chi connectivity index (χ1n) is 6.38. The third-order valence-electron chi connectivity index (χ3n) is 3.11. The maximum Gasteiger partial charge on any atom is 0.326 e. The molecule has 0 aromatic carbocycles. The molecule has 1 heterocycles. The highest BCUT2D eigenvalue weighted by atomic mass is 16.5. The van der Waals surface area contributed by atoms with Gasteiger partial charge in [-0.2, -0.15) is 0 Å². The van der Waals surface area contributed by atoms with Gasteiger partial charge in [0, 0.05) is 6.42 Å². The standard InChI is InChI=1S/C12H20N2O5/c1-19-10(15)6-5-9(12(17)18)14-11(16)8-4-2-3-7-13-8/h8-9,13H,2-7H2,1H3,(H,14,16)(H,17,18)/t8-,9+/m1/s1. The predicted molar refractivity (Wildman–Crippen MR) is 66.5 cm³/mol. The van der Waals surface area contributed by atoms with Crippen LogP contribution in [-0.2, 0) is 19.1 Å². The molecule has 0 unspecified atom stereocenters. The number of rotatable bonds is 6. The molecule has 0 aliphatic carbocycles. The first-order chi connectivity index (χ1) is 9.04. The molecule has 1 aliphatic heterocycles. The Kier molecular flexibility index (Phi) is 6.27. The van der Waals surface area contributed by atoms with Gasteiger partial charge in [-0.1, -0.05) is 6.42 Å². The average Bonchev–Trinajstić information content (AvgIpc) is 2.43. The number of esters is 1. The van der Waals surface area contributed by atoms with Crippen LogP contribution in [-0.4, -0.2) is 48.7 Å². The van der Waals surface area contributed by atoms with Crippen LogP contribution in [0.25, 0.3) is 0 Å². The largest absolute Gasteiger partial charge is 0.480 e. The van der Waals surface area contributed by atoms with Crippen molar-refractivity contribution in [1.82, 2.24) is 10.6 Å². The first-order valence-corrected chi connectivity index (χ1v) is 6.38. The molecule has 0 saturated carbocycles. The molecular formula is C12H20N2O5. The van der Waals surface area contributed by atoms with E-state index in [1.54, 1.807) is 0 Å². The number of piperidine rings is 1. The molecule has 1 aliphatic rings. The Balaban J connectivity index is 2.45. The second-order valence-electron chi connectivity index (χ2n) is 4.52. The van der Waals surface area contributed by atoms with Gasteiger partial charge < -0.3 is 20.5 Å². The third-order valence-corrected chi connectivity index (χ3v) is 3.11. The molecule has 1 amide bonds. The third kappa shape index (κ3) is 5.25. The summed E-state index contributed by atoms with van der Waals surface area (Å²) < 4.78 is 4.44. The maximum atomic E-state index is 11.9. The number of aliphatic carboxylic acids is 1. The summed E-state index contributed by atoms with van der Waals surface area (Å²) in [5, 5.41) is 14.5. The van der Waals surface area contributed by atoms with Gasteiger partial charge in [0.05, 0.1) is 13.2 Å². The van der Waals surface area contributed by atoms with E-state index in [1.807, 2.05) is 0 Å². The zero-order chi connectivity index (χ0) is 14.3. The molecule has 2 atom stereocenters. The quantitative estimate of drug-likeness (QED) is 0.571. The fraction of sp³-hybridized carbons (Fsp3) is 0.750. The van der Waals surface area contributed by atoms with Crippen LogP contribution in [0.3, 0.4) is 0 Å². The summed E-state index contributed by atoms with van der Waals surface area (Å²) in [6.07, 6.45) is 2.67. The van der Waals surface area contributed by atoms with Crippen molar-refractivity contribution in [2.45, 2.75) is 44.2 Å². The van der Waals surface area contributed by atoms with Crippen molar-refractivity contribution >= 4 is 17.8 Å². The SMILES string of the molecule is COC(=O)CC[C@H](NC(=O)[C@H]1CCCCN1)C(=O)O. The second-order valence-corrected chi connectivity index (χ2v) is 4.52. The van der Waals surface area contributed by atoms with E-state index in [4.69, 9.17) is 5.11 Å². The van der Waals surface area contributed by atoms with E-state index in [1.165, 1.54) is 7.11 Å². The molecule has 0 bridgehead atoms. The van der Waals surface area contributed by atoms with Crippen molar-refractivity contribution in [2.75, 3.05) is 13.7 Å².